The van der Waals surface area contributed by atoms with Crippen LogP contribution < -0.4 is 0 Å². The molecule has 0 heterocycles. The minimum Gasteiger partial charge on any atom is -0.0667 e. The predicted octanol–water partition coefficient (Wildman–Crippen LogP) is 5.61. The maximum Gasteiger partial charge on any atom is -0.000740 e. The van der Waals surface area contributed by atoms with Crippen LogP contribution in [0.15, 0.2) is 48.0 Å². The molecule has 0 N–H and O–H groups in total. The van der Waals surface area contributed by atoms with Crippen LogP contribution in [0, 0.1) is 0 Å². The van der Waals surface area contributed by atoms with E-state index in [1.807, 2.05) is 0 Å². The lowest BCUT2D eigenvalue weighted by Gasteiger charge is -2.12. The van der Waals surface area contributed by atoms with Gasteiger partial charge < -0.3 is 0 Å². The van der Waals surface area contributed by atoms with E-state index in [0.717, 1.165) is 6.42 Å². The molecule has 0 nitrogen and oxygen atoms in total. The largest absolute Gasteiger partial charge is 0.0667 e. The minimum atomic E-state index is 1.11. The molecule has 2 aliphatic carbocycles. The zero-order chi connectivity index (χ0) is 13.5. The second kappa shape index (κ2) is 4.63. The lowest BCUT2D eigenvalue weighted by Crippen LogP contribution is -1.92. The zero-order valence-corrected chi connectivity index (χ0v) is 12.1. The summed E-state index contributed by atoms with van der Waals surface area (Å²) in [5, 5.41) is 0. The smallest absolute Gasteiger partial charge is 0.000740 e. The molecule has 0 atom stereocenters. The van der Waals surface area contributed by atoms with Crippen molar-refractivity contribution in [3.63, 3.8) is 0 Å². The summed E-state index contributed by atoms with van der Waals surface area (Å²) in [7, 11) is 0. The summed E-state index contributed by atoms with van der Waals surface area (Å²) >= 11 is 0. The standard InChI is InChI=1S/C20H20/c1-2-14-8-5-10-16(14)18-11-6-12-19-17-9-4-3-7-15(17)13-20(18)19/h3-4,6-7,9,11-12H,2,5,8,10,13H2,1H3. The highest BCUT2D eigenvalue weighted by Crippen LogP contribution is 2.44. The molecule has 2 aliphatic rings. The molecule has 0 unspecified atom stereocenters. The molecule has 0 saturated heterocycles. The van der Waals surface area contributed by atoms with Gasteiger partial charge in [-0.25, -0.2) is 0 Å². The summed E-state index contributed by atoms with van der Waals surface area (Å²) in [4.78, 5) is 0. The van der Waals surface area contributed by atoms with Crippen molar-refractivity contribution in [1.29, 1.82) is 0 Å². The number of hydrogen-bond donors (Lipinski definition) is 0. The zero-order valence-electron chi connectivity index (χ0n) is 12.1. The van der Waals surface area contributed by atoms with Gasteiger partial charge >= 0.3 is 0 Å². The summed E-state index contributed by atoms with van der Waals surface area (Å²) in [6, 6.07) is 15.8. The van der Waals surface area contributed by atoms with Gasteiger partial charge in [-0.1, -0.05) is 55.0 Å². The molecule has 2 aromatic carbocycles. The second-order valence-corrected chi connectivity index (χ2v) is 5.95. The quantitative estimate of drug-likeness (QED) is 0.562. The molecule has 100 valence electrons. The third-order valence-electron chi connectivity index (χ3n) is 4.93. The van der Waals surface area contributed by atoms with Gasteiger partial charge in [0.25, 0.3) is 0 Å². The van der Waals surface area contributed by atoms with Gasteiger partial charge in [0, 0.05) is 0 Å². The highest BCUT2D eigenvalue weighted by molar-refractivity contribution is 5.84. The van der Waals surface area contributed by atoms with Crippen LogP contribution in [-0.4, -0.2) is 0 Å². The first-order valence-electron chi connectivity index (χ1n) is 7.80. The van der Waals surface area contributed by atoms with Gasteiger partial charge in [-0.15, -0.1) is 0 Å². The van der Waals surface area contributed by atoms with Crippen LogP contribution >= 0.6 is 0 Å². The molecule has 4 rings (SSSR count). The van der Waals surface area contributed by atoms with E-state index in [4.69, 9.17) is 0 Å². The monoisotopic (exact) mass is 260 g/mol. The Balaban J connectivity index is 1.90. The Labute approximate surface area is 121 Å². The lowest BCUT2D eigenvalue weighted by atomic mass is 9.93. The number of fused-ring (bicyclic) bond motifs is 3. The number of hydrogen-bond acceptors (Lipinski definition) is 0. The van der Waals surface area contributed by atoms with Gasteiger partial charge in [-0.05, 0) is 65.5 Å². The molecule has 2 aromatic rings. The third kappa shape index (κ3) is 1.67. The summed E-state index contributed by atoms with van der Waals surface area (Å²) < 4.78 is 0. The van der Waals surface area contributed by atoms with Crippen molar-refractivity contribution < 1.29 is 0 Å². The molecule has 0 bridgehead atoms. The van der Waals surface area contributed by atoms with E-state index in [-0.39, 0.29) is 0 Å². The van der Waals surface area contributed by atoms with Gasteiger partial charge in [0.2, 0.25) is 0 Å². The molecule has 0 saturated carbocycles. The fourth-order valence-electron chi connectivity index (χ4n) is 3.96. The van der Waals surface area contributed by atoms with Crippen LogP contribution in [0.3, 0.4) is 0 Å². The molecule has 0 aliphatic heterocycles. The molecule has 0 radical (unpaired) electrons. The van der Waals surface area contributed by atoms with E-state index in [2.05, 4.69) is 49.4 Å². The summed E-state index contributed by atoms with van der Waals surface area (Å²) in [5.41, 5.74) is 10.8. The molecule has 0 aromatic heterocycles. The van der Waals surface area contributed by atoms with Crippen molar-refractivity contribution in [2.45, 2.75) is 39.0 Å². The SMILES string of the molecule is CCC1=C(c2cccc3c2Cc2ccccc2-3)CCC1. The summed E-state index contributed by atoms with van der Waals surface area (Å²) in [5.74, 6) is 0. The molecular formula is C20H20. The van der Waals surface area contributed by atoms with Crippen molar-refractivity contribution >= 4 is 5.57 Å². The van der Waals surface area contributed by atoms with Crippen LogP contribution in [0.5, 0.6) is 0 Å². The lowest BCUT2D eigenvalue weighted by molar-refractivity contribution is 0.881. The molecule has 0 fully saturated rings. The first kappa shape index (κ1) is 12.0. The van der Waals surface area contributed by atoms with Crippen molar-refractivity contribution in [2.75, 3.05) is 0 Å². The molecular weight excluding hydrogens is 240 g/mol. The Bertz CT molecular complexity index is 704. The second-order valence-electron chi connectivity index (χ2n) is 5.95. The predicted molar refractivity (Wildman–Crippen MR) is 85.7 cm³/mol. The average Bonchev–Trinajstić information content (AvgIpc) is 3.10. The number of allylic oxidation sites excluding steroid dienone is 2. The topological polar surface area (TPSA) is 0 Å². The van der Waals surface area contributed by atoms with Crippen molar-refractivity contribution in [1.82, 2.24) is 0 Å². The van der Waals surface area contributed by atoms with Crippen LogP contribution in [0.1, 0.15) is 49.3 Å². The van der Waals surface area contributed by atoms with Crippen LogP contribution in [0.4, 0.5) is 0 Å². The summed E-state index contributed by atoms with van der Waals surface area (Å²) in [6.07, 6.45) is 6.25. The normalized spacial score (nSPS) is 16.4. The first-order chi connectivity index (χ1) is 9.88. The number of benzene rings is 2. The average molecular weight is 260 g/mol. The maximum absolute atomic E-state index is 2.35. The Morgan fingerprint density at radius 2 is 1.65 bits per heavy atom. The fraction of sp³-hybridized carbons (Fsp3) is 0.300. The van der Waals surface area contributed by atoms with Crippen molar-refractivity contribution in [3.05, 3.63) is 64.7 Å². The highest BCUT2D eigenvalue weighted by Gasteiger charge is 2.24. The third-order valence-corrected chi connectivity index (χ3v) is 4.93. The van der Waals surface area contributed by atoms with E-state index in [0.29, 0.717) is 0 Å². The van der Waals surface area contributed by atoms with E-state index >= 15 is 0 Å². The Morgan fingerprint density at radius 3 is 2.55 bits per heavy atom. The molecule has 0 amide bonds. The Morgan fingerprint density at radius 1 is 0.850 bits per heavy atom. The van der Waals surface area contributed by atoms with Crippen LogP contribution in [-0.2, 0) is 6.42 Å². The van der Waals surface area contributed by atoms with Crippen LogP contribution in [0.25, 0.3) is 16.7 Å². The minimum absolute atomic E-state index is 1.11. The number of rotatable bonds is 2. The highest BCUT2D eigenvalue weighted by atomic mass is 14.3. The van der Waals surface area contributed by atoms with Gasteiger partial charge in [0.1, 0.15) is 0 Å². The molecule has 0 spiro atoms. The summed E-state index contributed by atoms with van der Waals surface area (Å²) in [6.45, 7) is 2.30. The Kier molecular flexibility index (Phi) is 2.77. The van der Waals surface area contributed by atoms with Crippen LogP contribution in [0.2, 0.25) is 0 Å². The maximum atomic E-state index is 2.35. The van der Waals surface area contributed by atoms with E-state index in [1.165, 1.54) is 47.9 Å². The van der Waals surface area contributed by atoms with E-state index in [1.54, 1.807) is 16.7 Å². The van der Waals surface area contributed by atoms with E-state index < -0.39 is 0 Å². The first-order valence-corrected chi connectivity index (χ1v) is 7.80. The van der Waals surface area contributed by atoms with Gasteiger partial charge in [0.15, 0.2) is 0 Å². The fourth-order valence-corrected chi connectivity index (χ4v) is 3.96. The molecule has 0 heteroatoms. The van der Waals surface area contributed by atoms with E-state index in [9.17, 15) is 0 Å². The van der Waals surface area contributed by atoms with Crippen molar-refractivity contribution in [3.8, 4) is 11.1 Å². The van der Waals surface area contributed by atoms with Gasteiger partial charge in [-0.3, -0.25) is 0 Å². The van der Waals surface area contributed by atoms with Gasteiger partial charge in [0.05, 0.1) is 0 Å². The molecule has 20 heavy (non-hydrogen) atoms. The Hall–Kier alpha value is -1.82. The van der Waals surface area contributed by atoms with Crippen molar-refractivity contribution in [2.24, 2.45) is 0 Å². The van der Waals surface area contributed by atoms with Gasteiger partial charge in [-0.2, -0.15) is 0 Å².